The predicted molar refractivity (Wildman–Crippen MR) is 137 cm³/mol. The summed E-state index contributed by atoms with van der Waals surface area (Å²) in [4.78, 5) is 7.64. The van der Waals surface area contributed by atoms with Gasteiger partial charge in [-0.05, 0) is 73.9 Å². The smallest absolute Gasteiger partial charge is 0.128 e. The molecule has 1 aliphatic carbocycles. The Morgan fingerprint density at radius 2 is 1.73 bits per heavy atom. The van der Waals surface area contributed by atoms with Crippen molar-refractivity contribution in [3.63, 3.8) is 0 Å². The normalized spacial score (nSPS) is 15.2. The molecule has 3 aromatic rings. The van der Waals surface area contributed by atoms with Crippen molar-refractivity contribution >= 4 is 5.69 Å². The number of nitrogens with zero attached hydrogens (tertiary/aromatic N) is 2. The van der Waals surface area contributed by atoms with Crippen molar-refractivity contribution in [2.75, 3.05) is 26.2 Å². The second-order valence-electron chi connectivity index (χ2n) is 8.90. The Labute approximate surface area is 198 Å². The van der Waals surface area contributed by atoms with Crippen molar-refractivity contribution in [1.29, 1.82) is 0 Å². The molecule has 0 aliphatic heterocycles. The van der Waals surface area contributed by atoms with Crippen LogP contribution in [0.15, 0.2) is 42.5 Å². The molecule has 1 aliphatic rings. The second kappa shape index (κ2) is 9.86. The molecule has 0 saturated heterocycles. The molecule has 0 spiro atoms. The average molecular weight is 445 g/mol. The number of aryl methyl sites for hydroxylation is 4. The van der Waals surface area contributed by atoms with Crippen LogP contribution in [0.25, 0.3) is 11.3 Å². The first-order valence-corrected chi connectivity index (χ1v) is 12.1. The molecule has 0 bridgehead atoms. The van der Waals surface area contributed by atoms with Gasteiger partial charge in [0.1, 0.15) is 11.5 Å². The maximum absolute atomic E-state index is 6.02. The summed E-state index contributed by atoms with van der Waals surface area (Å²) in [5.74, 6) is 1.84. The third kappa shape index (κ3) is 4.31. The van der Waals surface area contributed by atoms with Gasteiger partial charge in [0.15, 0.2) is 0 Å². The van der Waals surface area contributed by atoms with Crippen molar-refractivity contribution in [3.05, 3.63) is 70.4 Å². The summed E-state index contributed by atoms with van der Waals surface area (Å²) < 4.78 is 11.4. The molecule has 0 fully saturated rings. The van der Waals surface area contributed by atoms with Crippen LogP contribution in [0, 0.1) is 6.92 Å². The molecule has 0 amide bonds. The number of anilines is 1. The minimum absolute atomic E-state index is 0.226. The molecule has 0 N–H and O–H groups in total. The van der Waals surface area contributed by atoms with E-state index in [4.69, 9.17) is 14.5 Å². The number of methoxy groups -OCH3 is 2. The SMILES string of the molecule is CCc1cccc(CC)c1-c1cc(OC)c2c(n1)CCCC2N(C)c1ccc(OC)cc1C. The third-order valence-electron chi connectivity index (χ3n) is 7.05. The van der Waals surface area contributed by atoms with Gasteiger partial charge in [-0.25, -0.2) is 0 Å². The molecule has 1 atom stereocenters. The van der Waals surface area contributed by atoms with Gasteiger partial charge in [0.2, 0.25) is 0 Å². The van der Waals surface area contributed by atoms with Crippen LogP contribution in [-0.4, -0.2) is 26.3 Å². The first kappa shape index (κ1) is 23.2. The van der Waals surface area contributed by atoms with Gasteiger partial charge in [0, 0.05) is 29.9 Å². The molecule has 1 aromatic heterocycles. The highest BCUT2D eigenvalue weighted by molar-refractivity contribution is 5.71. The van der Waals surface area contributed by atoms with Crippen LogP contribution in [0.1, 0.15) is 60.7 Å². The number of hydrogen-bond acceptors (Lipinski definition) is 4. The van der Waals surface area contributed by atoms with Crippen LogP contribution in [0.3, 0.4) is 0 Å². The first-order valence-electron chi connectivity index (χ1n) is 12.1. The van der Waals surface area contributed by atoms with Crippen LogP contribution in [0.5, 0.6) is 11.5 Å². The zero-order chi connectivity index (χ0) is 23.5. The molecule has 0 radical (unpaired) electrons. The Balaban J connectivity index is 1.81. The van der Waals surface area contributed by atoms with Crippen LogP contribution >= 0.6 is 0 Å². The Bertz CT molecular complexity index is 1100. The molecule has 4 rings (SSSR count). The van der Waals surface area contributed by atoms with Crippen molar-refractivity contribution in [3.8, 4) is 22.8 Å². The first-order chi connectivity index (χ1) is 16.0. The van der Waals surface area contributed by atoms with E-state index in [1.165, 1.54) is 39.2 Å². The number of benzene rings is 2. The number of hydrogen-bond donors (Lipinski definition) is 0. The van der Waals surface area contributed by atoms with Crippen LogP contribution in [0.4, 0.5) is 5.69 Å². The minimum Gasteiger partial charge on any atom is -0.497 e. The summed E-state index contributed by atoms with van der Waals surface area (Å²) in [5, 5.41) is 0. The lowest BCUT2D eigenvalue weighted by molar-refractivity contribution is 0.395. The summed E-state index contributed by atoms with van der Waals surface area (Å²) in [6.07, 6.45) is 5.17. The summed E-state index contributed by atoms with van der Waals surface area (Å²) in [5.41, 5.74) is 9.85. The largest absolute Gasteiger partial charge is 0.497 e. The van der Waals surface area contributed by atoms with Crippen molar-refractivity contribution in [2.24, 2.45) is 0 Å². The van der Waals surface area contributed by atoms with Gasteiger partial charge < -0.3 is 14.4 Å². The van der Waals surface area contributed by atoms with Crippen LogP contribution in [-0.2, 0) is 19.3 Å². The standard InChI is InChI=1S/C29H36N2O2/c1-7-20-11-9-12-21(8-2)28(20)24-18-27(33-6)29-23(30-24)13-10-14-26(29)31(4)25-16-15-22(32-5)17-19(25)3/h9,11-12,15-18,26H,7-8,10,13-14H2,1-6H3. The Hall–Kier alpha value is -3.01. The van der Waals surface area contributed by atoms with Crippen LogP contribution < -0.4 is 14.4 Å². The highest BCUT2D eigenvalue weighted by Crippen LogP contribution is 2.43. The van der Waals surface area contributed by atoms with Crippen molar-refractivity contribution < 1.29 is 9.47 Å². The number of fused-ring (bicyclic) bond motifs is 1. The van der Waals surface area contributed by atoms with E-state index in [-0.39, 0.29) is 6.04 Å². The fraction of sp³-hybridized carbons (Fsp3) is 0.414. The molecule has 1 heterocycles. The van der Waals surface area contributed by atoms with E-state index in [9.17, 15) is 0 Å². The number of pyridine rings is 1. The van der Waals surface area contributed by atoms with E-state index >= 15 is 0 Å². The topological polar surface area (TPSA) is 34.6 Å². The van der Waals surface area contributed by atoms with Gasteiger partial charge in [0.25, 0.3) is 0 Å². The number of aromatic nitrogens is 1. The van der Waals surface area contributed by atoms with Gasteiger partial charge in [0.05, 0.1) is 31.6 Å². The van der Waals surface area contributed by atoms with E-state index in [0.717, 1.165) is 49.3 Å². The average Bonchev–Trinajstić information content (AvgIpc) is 2.86. The summed E-state index contributed by atoms with van der Waals surface area (Å²) >= 11 is 0. The van der Waals surface area contributed by atoms with E-state index in [1.807, 2.05) is 6.07 Å². The molecular formula is C29H36N2O2. The predicted octanol–water partition coefficient (Wildman–Crippen LogP) is 6.71. The maximum atomic E-state index is 6.02. The van der Waals surface area contributed by atoms with E-state index in [1.54, 1.807) is 14.2 Å². The lowest BCUT2D eigenvalue weighted by Gasteiger charge is -2.36. The monoisotopic (exact) mass is 444 g/mol. The molecule has 33 heavy (non-hydrogen) atoms. The zero-order valence-electron chi connectivity index (χ0n) is 20.9. The highest BCUT2D eigenvalue weighted by Gasteiger charge is 2.30. The second-order valence-corrected chi connectivity index (χ2v) is 8.90. The summed E-state index contributed by atoms with van der Waals surface area (Å²) in [6.45, 7) is 6.58. The Morgan fingerprint density at radius 3 is 2.33 bits per heavy atom. The minimum atomic E-state index is 0.226. The zero-order valence-corrected chi connectivity index (χ0v) is 20.9. The van der Waals surface area contributed by atoms with E-state index < -0.39 is 0 Å². The Kier molecular flexibility index (Phi) is 6.92. The summed E-state index contributed by atoms with van der Waals surface area (Å²) in [6, 6.07) is 15.3. The number of ether oxygens (including phenoxy) is 2. The van der Waals surface area contributed by atoms with Gasteiger partial charge in [-0.3, -0.25) is 4.98 Å². The maximum Gasteiger partial charge on any atom is 0.128 e. The third-order valence-corrected chi connectivity index (χ3v) is 7.05. The Morgan fingerprint density at radius 1 is 1.00 bits per heavy atom. The summed E-state index contributed by atoms with van der Waals surface area (Å²) in [7, 11) is 5.68. The molecule has 4 heteroatoms. The van der Waals surface area contributed by atoms with Crippen molar-refractivity contribution in [2.45, 2.75) is 58.9 Å². The quantitative estimate of drug-likeness (QED) is 0.405. The van der Waals surface area contributed by atoms with Crippen molar-refractivity contribution in [1.82, 2.24) is 4.98 Å². The number of rotatable bonds is 7. The van der Waals surface area contributed by atoms with Gasteiger partial charge >= 0.3 is 0 Å². The molecular weight excluding hydrogens is 408 g/mol. The molecule has 1 unspecified atom stereocenters. The van der Waals surface area contributed by atoms with E-state index in [0.29, 0.717) is 0 Å². The van der Waals surface area contributed by atoms with Gasteiger partial charge in [-0.15, -0.1) is 0 Å². The molecule has 4 nitrogen and oxygen atoms in total. The van der Waals surface area contributed by atoms with Gasteiger partial charge in [-0.2, -0.15) is 0 Å². The van der Waals surface area contributed by atoms with E-state index in [2.05, 4.69) is 69.1 Å². The van der Waals surface area contributed by atoms with Crippen LogP contribution in [0.2, 0.25) is 0 Å². The van der Waals surface area contributed by atoms with Gasteiger partial charge in [-0.1, -0.05) is 32.0 Å². The molecule has 2 aromatic carbocycles. The molecule has 0 saturated carbocycles. The lowest BCUT2D eigenvalue weighted by atomic mass is 9.87. The highest BCUT2D eigenvalue weighted by atomic mass is 16.5. The fourth-order valence-corrected chi connectivity index (χ4v) is 5.31. The molecule has 174 valence electrons. The fourth-order valence-electron chi connectivity index (χ4n) is 5.31. The lowest BCUT2D eigenvalue weighted by Crippen LogP contribution is -2.29.